The zero-order chi connectivity index (χ0) is 20.4. The van der Waals surface area contributed by atoms with Crippen molar-refractivity contribution < 1.29 is 23.8 Å². The molecule has 3 aromatic rings. The minimum absolute atomic E-state index is 0.201. The Balaban J connectivity index is 1.72. The second-order valence-electron chi connectivity index (χ2n) is 6.50. The summed E-state index contributed by atoms with van der Waals surface area (Å²) in [6, 6.07) is 19.7. The molecule has 0 aliphatic carbocycles. The van der Waals surface area contributed by atoms with Crippen LogP contribution in [0.1, 0.15) is 22.1 Å². The van der Waals surface area contributed by atoms with Crippen LogP contribution in [-0.2, 0) is 4.79 Å². The highest BCUT2D eigenvalue weighted by Gasteiger charge is 2.34. The number of halogens is 1. The van der Waals surface area contributed by atoms with Gasteiger partial charge in [-0.1, -0.05) is 24.3 Å². The number of fused-ring (bicyclic) bond motifs is 1. The van der Waals surface area contributed by atoms with Crippen molar-refractivity contribution >= 4 is 23.3 Å². The smallest absolute Gasteiger partial charge is 0.341 e. The number of nitrogens with zero attached hydrogens (tertiary/aromatic N) is 1. The van der Waals surface area contributed by atoms with Crippen LogP contribution in [0, 0.1) is 5.82 Å². The summed E-state index contributed by atoms with van der Waals surface area (Å²) in [5.74, 6) is -1.25. The molecule has 29 heavy (non-hydrogen) atoms. The highest BCUT2D eigenvalue weighted by molar-refractivity contribution is 6.12. The second kappa shape index (κ2) is 7.63. The standard InChI is InChI=1S/C22H17FN2O4/c23-15-7-5-14(6-8-15)21-24-19-4-2-1-3-18(19)22(28)25(21)16-9-11-17(12-10-16)29-13-20(26)27/h1-12,21,24H,13H2,(H,26,27). The number of carboxylic acids is 1. The van der Waals surface area contributed by atoms with E-state index < -0.39 is 18.7 Å². The van der Waals surface area contributed by atoms with Gasteiger partial charge in [0.05, 0.1) is 5.56 Å². The van der Waals surface area contributed by atoms with Crippen LogP contribution in [0.25, 0.3) is 0 Å². The molecule has 0 saturated carbocycles. The number of aliphatic carboxylic acids is 1. The van der Waals surface area contributed by atoms with Crippen molar-refractivity contribution in [1.82, 2.24) is 0 Å². The third kappa shape index (κ3) is 3.75. The molecule has 1 aliphatic rings. The molecule has 7 heteroatoms. The van der Waals surface area contributed by atoms with Gasteiger partial charge in [-0.25, -0.2) is 9.18 Å². The van der Waals surface area contributed by atoms with E-state index in [1.807, 2.05) is 12.1 Å². The Bertz CT molecular complexity index is 1050. The summed E-state index contributed by atoms with van der Waals surface area (Å²) in [7, 11) is 0. The summed E-state index contributed by atoms with van der Waals surface area (Å²) in [5, 5.41) is 12.1. The van der Waals surface area contributed by atoms with Crippen LogP contribution < -0.4 is 15.0 Å². The van der Waals surface area contributed by atoms with Crippen molar-refractivity contribution in [3.8, 4) is 5.75 Å². The molecule has 1 unspecified atom stereocenters. The Morgan fingerprint density at radius 1 is 1.03 bits per heavy atom. The molecule has 1 aliphatic heterocycles. The van der Waals surface area contributed by atoms with Crippen LogP contribution in [0.5, 0.6) is 5.75 Å². The lowest BCUT2D eigenvalue weighted by Crippen LogP contribution is -2.43. The van der Waals surface area contributed by atoms with Gasteiger partial charge in [0, 0.05) is 11.4 Å². The van der Waals surface area contributed by atoms with E-state index in [2.05, 4.69) is 5.32 Å². The fourth-order valence-electron chi connectivity index (χ4n) is 3.25. The van der Waals surface area contributed by atoms with Gasteiger partial charge in [0.15, 0.2) is 6.61 Å². The van der Waals surface area contributed by atoms with Gasteiger partial charge >= 0.3 is 5.97 Å². The average molecular weight is 392 g/mol. The van der Waals surface area contributed by atoms with E-state index in [1.165, 1.54) is 12.1 Å². The quantitative estimate of drug-likeness (QED) is 0.685. The first-order valence-electron chi connectivity index (χ1n) is 8.92. The van der Waals surface area contributed by atoms with Crippen molar-refractivity contribution in [2.45, 2.75) is 6.17 Å². The van der Waals surface area contributed by atoms with Crippen LogP contribution in [-0.4, -0.2) is 23.6 Å². The summed E-state index contributed by atoms with van der Waals surface area (Å²) in [5.41, 5.74) is 2.54. The molecule has 0 spiro atoms. The number of rotatable bonds is 5. The number of ether oxygens (including phenoxy) is 1. The molecule has 1 amide bonds. The van der Waals surface area contributed by atoms with E-state index in [-0.39, 0.29) is 11.7 Å². The first kappa shape index (κ1) is 18.5. The predicted octanol–water partition coefficient (Wildman–Crippen LogP) is 4.06. The minimum Gasteiger partial charge on any atom is -0.482 e. The van der Waals surface area contributed by atoms with Crippen molar-refractivity contribution in [2.24, 2.45) is 0 Å². The number of hydrogen-bond donors (Lipinski definition) is 2. The maximum atomic E-state index is 13.4. The number of benzene rings is 3. The summed E-state index contributed by atoms with van der Waals surface area (Å²) >= 11 is 0. The van der Waals surface area contributed by atoms with E-state index in [9.17, 15) is 14.0 Å². The van der Waals surface area contributed by atoms with Gasteiger partial charge in [-0.2, -0.15) is 0 Å². The number of para-hydroxylation sites is 1. The maximum Gasteiger partial charge on any atom is 0.341 e. The van der Waals surface area contributed by atoms with Gasteiger partial charge in [-0.3, -0.25) is 9.69 Å². The fourth-order valence-corrected chi connectivity index (χ4v) is 3.25. The van der Waals surface area contributed by atoms with Gasteiger partial charge in [0.2, 0.25) is 0 Å². The van der Waals surface area contributed by atoms with E-state index in [0.717, 1.165) is 5.56 Å². The summed E-state index contributed by atoms with van der Waals surface area (Å²) in [6.45, 7) is -0.449. The molecular weight excluding hydrogens is 375 g/mol. The lowest BCUT2D eigenvalue weighted by molar-refractivity contribution is -0.139. The number of amides is 1. The van der Waals surface area contributed by atoms with Crippen LogP contribution in [0.2, 0.25) is 0 Å². The lowest BCUT2D eigenvalue weighted by Gasteiger charge is -2.38. The predicted molar refractivity (Wildman–Crippen MR) is 106 cm³/mol. The first-order chi connectivity index (χ1) is 14.0. The molecular formula is C22H17FN2O4. The largest absolute Gasteiger partial charge is 0.482 e. The SMILES string of the molecule is O=C(O)COc1ccc(N2C(=O)c3ccccc3NC2c2ccc(F)cc2)cc1. The molecule has 0 fully saturated rings. The third-order valence-electron chi connectivity index (χ3n) is 4.59. The van der Waals surface area contributed by atoms with Crippen molar-refractivity contribution in [1.29, 1.82) is 0 Å². The Hall–Kier alpha value is -3.87. The van der Waals surface area contributed by atoms with E-state index >= 15 is 0 Å². The van der Waals surface area contributed by atoms with Gasteiger partial charge in [0.25, 0.3) is 5.91 Å². The molecule has 1 atom stereocenters. The molecule has 0 radical (unpaired) electrons. The van der Waals surface area contributed by atoms with Crippen LogP contribution in [0.4, 0.5) is 15.8 Å². The van der Waals surface area contributed by atoms with Crippen molar-refractivity contribution in [2.75, 3.05) is 16.8 Å². The molecule has 6 nitrogen and oxygen atoms in total. The molecule has 1 heterocycles. The maximum absolute atomic E-state index is 13.4. The van der Waals surface area contributed by atoms with Gasteiger partial charge in [-0.15, -0.1) is 0 Å². The normalized spacial score (nSPS) is 15.4. The lowest BCUT2D eigenvalue weighted by atomic mass is 10.0. The van der Waals surface area contributed by atoms with Gasteiger partial charge in [0.1, 0.15) is 17.7 Å². The Morgan fingerprint density at radius 3 is 2.41 bits per heavy atom. The van der Waals surface area contributed by atoms with E-state index in [0.29, 0.717) is 22.7 Å². The fraction of sp³-hybridized carbons (Fsp3) is 0.0909. The number of nitrogens with one attached hydrogen (secondary N) is 1. The number of hydrogen-bond acceptors (Lipinski definition) is 4. The molecule has 0 saturated heterocycles. The summed E-state index contributed by atoms with van der Waals surface area (Å²) < 4.78 is 18.6. The monoisotopic (exact) mass is 392 g/mol. The number of carbonyl (C=O) groups excluding carboxylic acids is 1. The Morgan fingerprint density at radius 2 is 1.72 bits per heavy atom. The van der Waals surface area contributed by atoms with Crippen LogP contribution >= 0.6 is 0 Å². The minimum atomic E-state index is -1.07. The molecule has 3 aromatic carbocycles. The molecule has 146 valence electrons. The van der Waals surface area contributed by atoms with Crippen LogP contribution in [0.15, 0.2) is 72.8 Å². The second-order valence-corrected chi connectivity index (χ2v) is 6.50. The van der Waals surface area contributed by atoms with Crippen molar-refractivity contribution in [3.05, 3.63) is 89.7 Å². The number of anilines is 2. The topological polar surface area (TPSA) is 78.9 Å². The first-order valence-corrected chi connectivity index (χ1v) is 8.92. The Kier molecular flexibility index (Phi) is 4.87. The average Bonchev–Trinajstić information content (AvgIpc) is 2.73. The molecule has 0 aromatic heterocycles. The zero-order valence-electron chi connectivity index (χ0n) is 15.2. The number of carboxylic acid groups (broad SMARTS) is 1. The summed E-state index contributed by atoms with van der Waals surface area (Å²) in [4.78, 5) is 25.5. The zero-order valence-corrected chi connectivity index (χ0v) is 15.2. The van der Waals surface area contributed by atoms with E-state index in [4.69, 9.17) is 9.84 Å². The highest BCUT2D eigenvalue weighted by atomic mass is 19.1. The van der Waals surface area contributed by atoms with Crippen LogP contribution in [0.3, 0.4) is 0 Å². The van der Waals surface area contributed by atoms with Gasteiger partial charge in [-0.05, 0) is 54.1 Å². The van der Waals surface area contributed by atoms with Crippen molar-refractivity contribution in [3.63, 3.8) is 0 Å². The summed E-state index contributed by atoms with van der Waals surface area (Å²) in [6.07, 6.45) is -0.538. The molecule has 2 N–H and O–H groups in total. The van der Waals surface area contributed by atoms with Gasteiger partial charge < -0.3 is 15.2 Å². The third-order valence-corrected chi connectivity index (χ3v) is 4.59. The highest BCUT2D eigenvalue weighted by Crippen LogP contribution is 2.37. The molecule has 0 bridgehead atoms. The molecule has 4 rings (SSSR count). The Labute approximate surface area is 166 Å². The van der Waals surface area contributed by atoms with E-state index in [1.54, 1.807) is 53.4 Å². The number of carbonyl (C=O) groups is 2.